The second kappa shape index (κ2) is 3.90. The third kappa shape index (κ3) is 2.32. The quantitative estimate of drug-likeness (QED) is 0.809. The van der Waals surface area contributed by atoms with E-state index in [2.05, 4.69) is 15.9 Å². The Morgan fingerprint density at radius 2 is 2.45 bits per heavy atom. The molecule has 0 amide bonds. The molecule has 1 atom stereocenters. The third-order valence-electron chi connectivity index (χ3n) is 1.36. The molecule has 0 radical (unpaired) electrons. The molecule has 1 aromatic heterocycles. The predicted octanol–water partition coefficient (Wildman–Crippen LogP) is 1.42. The van der Waals surface area contributed by atoms with Gasteiger partial charge < -0.3 is 15.3 Å². The van der Waals surface area contributed by atoms with Crippen molar-refractivity contribution in [2.24, 2.45) is 5.73 Å². The van der Waals surface area contributed by atoms with Crippen molar-refractivity contribution < 1.29 is 9.52 Å². The molecule has 62 valence electrons. The van der Waals surface area contributed by atoms with Gasteiger partial charge in [-0.05, 0) is 35.0 Å². The van der Waals surface area contributed by atoms with E-state index < -0.39 is 6.10 Å². The Bertz CT molecular complexity index is 224. The summed E-state index contributed by atoms with van der Waals surface area (Å²) in [7, 11) is 0. The zero-order valence-corrected chi connectivity index (χ0v) is 7.54. The number of hydrogen-bond donors (Lipinski definition) is 2. The molecule has 0 aliphatic rings. The molecule has 0 aliphatic carbocycles. The monoisotopic (exact) mass is 219 g/mol. The molecule has 3 nitrogen and oxygen atoms in total. The Morgan fingerprint density at radius 1 is 1.73 bits per heavy atom. The van der Waals surface area contributed by atoms with E-state index in [0.29, 0.717) is 18.7 Å². The number of rotatable bonds is 3. The largest absolute Gasteiger partial charge is 0.465 e. The highest BCUT2D eigenvalue weighted by atomic mass is 79.9. The molecule has 0 spiro atoms. The van der Waals surface area contributed by atoms with E-state index in [1.807, 2.05) is 0 Å². The molecular weight excluding hydrogens is 210 g/mol. The third-order valence-corrected chi connectivity index (χ3v) is 1.77. The number of nitrogens with two attached hydrogens (primary N) is 1. The summed E-state index contributed by atoms with van der Waals surface area (Å²) in [5.41, 5.74) is 5.26. The summed E-state index contributed by atoms with van der Waals surface area (Å²) in [5.74, 6) is 0.558. The van der Waals surface area contributed by atoms with Crippen LogP contribution in [0.5, 0.6) is 0 Å². The summed E-state index contributed by atoms with van der Waals surface area (Å²) in [5, 5.41) is 9.34. The van der Waals surface area contributed by atoms with Gasteiger partial charge in [0.15, 0.2) is 0 Å². The zero-order valence-electron chi connectivity index (χ0n) is 5.96. The summed E-state index contributed by atoms with van der Waals surface area (Å²) in [6, 6.07) is 1.74. The van der Waals surface area contributed by atoms with Crippen LogP contribution in [0.1, 0.15) is 18.3 Å². The first-order chi connectivity index (χ1) is 5.24. The Labute approximate surface area is 73.3 Å². The van der Waals surface area contributed by atoms with Gasteiger partial charge in [-0.25, -0.2) is 0 Å². The maximum Gasteiger partial charge on any atom is 0.133 e. The lowest BCUT2D eigenvalue weighted by Gasteiger charge is -2.03. The van der Waals surface area contributed by atoms with Crippen LogP contribution in [-0.4, -0.2) is 11.7 Å². The molecule has 3 N–H and O–H groups in total. The fraction of sp³-hybridized carbons (Fsp3) is 0.429. The van der Waals surface area contributed by atoms with E-state index in [1.165, 1.54) is 6.26 Å². The molecule has 4 heteroatoms. The molecule has 11 heavy (non-hydrogen) atoms. The van der Waals surface area contributed by atoms with Crippen molar-refractivity contribution in [2.75, 3.05) is 6.54 Å². The van der Waals surface area contributed by atoms with Gasteiger partial charge in [-0.1, -0.05) is 0 Å². The van der Waals surface area contributed by atoms with Crippen molar-refractivity contribution in [1.29, 1.82) is 0 Å². The van der Waals surface area contributed by atoms with E-state index in [9.17, 15) is 5.11 Å². The summed E-state index contributed by atoms with van der Waals surface area (Å²) in [6.45, 7) is 0.458. The number of aliphatic hydroxyl groups is 1. The maximum absolute atomic E-state index is 9.34. The van der Waals surface area contributed by atoms with E-state index in [1.54, 1.807) is 6.07 Å². The van der Waals surface area contributed by atoms with E-state index in [0.717, 1.165) is 4.47 Å². The van der Waals surface area contributed by atoms with Crippen LogP contribution in [-0.2, 0) is 0 Å². The second-order valence-electron chi connectivity index (χ2n) is 2.26. The fourth-order valence-corrected chi connectivity index (χ4v) is 1.12. The SMILES string of the molecule is NCC[C@@H](O)c1cc(Br)co1. The van der Waals surface area contributed by atoms with Crippen LogP contribution in [0.2, 0.25) is 0 Å². The average molecular weight is 220 g/mol. The molecular formula is C7H10BrNO2. The first-order valence-corrected chi connectivity index (χ1v) is 4.15. The van der Waals surface area contributed by atoms with Crippen molar-refractivity contribution in [3.05, 3.63) is 22.6 Å². The van der Waals surface area contributed by atoms with Gasteiger partial charge in [-0.3, -0.25) is 0 Å². The smallest absolute Gasteiger partial charge is 0.133 e. The first-order valence-electron chi connectivity index (χ1n) is 3.36. The van der Waals surface area contributed by atoms with Crippen molar-refractivity contribution in [3.63, 3.8) is 0 Å². The van der Waals surface area contributed by atoms with Gasteiger partial charge in [0.05, 0.1) is 4.47 Å². The van der Waals surface area contributed by atoms with Crippen molar-refractivity contribution in [2.45, 2.75) is 12.5 Å². The van der Waals surface area contributed by atoms with Gasteiger partial charge in [0.25, 0.3) is 0 Å². The average Bonchev–Trinajstić information content (AvgIpc) is 2.36. The number of furan rings is 1. The Hall–Kier alpha value is -0.320. The summed E-state index contributed by atoms with van der Waals surface area (Å²) in [6.07, 6.45) is 1.49. The minimum Gasteiger partial charge on any atom is -0.465 e. The van der Waals surface area contributed by atoms with Crippen LogP contribution >= 0.6 is 15.9 Å². The molecule has 0 bridgehead atoms. The standard InChI is InChI=1S/C7H10BrNO2/c8-5-3-7(11-4-5)6(10)1-2-9/h3-4,6,10H,1-2,9H2/t6-/m1/s1. The molecule has 0 saturated carbocycles. The zero-order chi connectivity index (χ0) is 8.27. The molecule has 1 rings (SSSR count). The minimum atomic E-state index is -0.578. The topological polar surface area (TPSA) is 59.4 Å². The van der Waals surface area contributed by atoms with Crippen molar-refractivity contribution in [1.82, 2.24) is 0 Å². The lowest BCUT2D eigenvalue weighted by molar-refractivity contribution is 0.143. The van der Waals surface area contributed by atoms with Gasteiger partial charge in [-0.15, -0.1) is 0 Å². The molecule has 1 heterocycles. The Kier molecular flexibility index (Phi) is 3.11. The molecule has 0 saturated heterocycles. The second-order valence-corrected chi connectivity index (χ2v) is 3.18. The van der Waals surface area contributed by atoms with Gasteiger partial charge in [-0.2, -0.15) is 0 Å². The van der Waals surface area contributed by atoms with E-state index in [4.69, 9.17) is 10.2 Å². The highest BCUT2D eigenvalue weighted by Crippen LogP contribution is 2.21. The van der Waals surface area contributed by atoms with E-state index >= 15 is 0 Å². The molecule has 0 aromatic carbocycles. The molecule has 0 unspecified atom stereocenters. The first kappa shape index (κ1) is 8.77. The number of hydrogen-bond acceptors (Lipinski definition) is 3. The van der Waals surface area contributed by atoms with E-state index in [-0.39, 0.29) is 0 Å². The van der Waals surface area contributed by atoms with Gasteiger partial charge in [0.1, 0.15) is 18.1 Å². The lowest BCUT2D eigenvalue weighted by Crippen LogP contribution is -2.05. The summed E-state index contributed by atoms with van der Waals surface area (Å²) < 4.78 is 5.86. The molecule has 0 aliphatic heterocycles. The van der Waals surface area contributed by atoms with Crippen LogP contribution in [0.4, 0.5) is 0 Å². The Balaban J connectivity index is 2.60. The van der Waals surface area contributed by atoms with Crippen LogP contribution in [0.3, 0.4) is 0 Å². The number of halogens is 1. The van der Waals surface area contributed by atoms with Gasteiger partial charge in [0, 0.05) is 0 Å². The minimum absolute atomic E-state index is 0.458. The van der Waals surface area contributed by atoms with Crippen molar-refractivity contribution >= 4 is 15.9 Å². The predicted molar refractivity (Wildman–Crippen MR) is 45.0 cm³/mol. The van der Waals surface area contributed by atoms with Crippen molar-refractivity contribution in [3.8, 4) is 0 Å². The summed E-state index contributed by atoms with van der Waals surface area (Å²) >= 11 is 3.22. The van der Waals surface area contributed by atoms with Crippen LogP contribution in [0.15, 0.2) is 21.2 Å². The van der Waals surface area contributed by atoms with Crippen LogP contribution in [0, 0.1) is 0 Å². The highest BCUT2D eigenvalue weighted by molar-refractivity contribution is 9.10. The maximum atomic E-state index is 9.34. The van der Waals surface area contributed by atoms with Gasteiger partial charge >= 0.3 is 0 Å². The summed E-state index contributed by atoms with van der Waals surface area (Å²) in [4.78, 5) is 0. The molecule has 0 fully saturated rings. The normalized spacial score (nSPS) is 13.4. The fourth-order valence-electron chi connectivity index (χ4n) is 0.803. The highest BCUT2D eigenvalue weighted by Gasteiger charge is 2.09. The van der Waals surface area contributed by atoms with Gasteiger partial charge in [0.2, 0.25) is 0 Å². The van der Waals surface area contributed by atoms with Crippen LogP contribution < -0.4 is 5.73 Å². The number of aliphatic hydroxyl groups excluding tert-OH is 1. The lowest BCUT2D eigenvalue weighted by atomic mass is 10.2. The van der Waals surface area contributed by atoms with Crippen LogP contribution in [0.25, 0.3) is 0 Å². The molecule has 1 aromatic rings. The Morgan fingerprint density at radius 3 is 2.91 bits per heavy atom.